The summed E-state index contributed by atoms with van der Waals surface area (Å²) >= 11 is 6.05. The van der Waals surface area contributed by atoms with Crippen molar-refractivity contribution in [2.24, 2.45) is 11.7 Å². The minimum absolute atomic E-state index is 0. The Kier molecular flexibility index (Phi) is 7.74. The summed E-state index contributed by atoms with van der Waals surface area (Å²) in [4.78, 5) is 27.7. The highest BCUT2D eigenvalue weighted by molar-refractivity contribution is 6.31. The minimum atomic E-state index is -0.391. The predicted octanol–water partition coefficient (Wildman–Crippen LogP) is 3.00. The number of likely N-dealkylation sites (tertiary alicyclic amines) is 1. The molecule has 26 heavy (non-hydrogen) atoms. The van der Waals surface area contributed by atoms with Gasteiger partial charge in [-0.15, -0.1) is 12.4 Å². The normalized spacial score (nSPS) is 24.5. The standard InChI is InChI=1S/C19H26ClN3O2.ClH/c20-15-7-3-6-14(11-15)19(25)23-16-8-2-1-5-13(16)12-17(23)18(24)22-10-4-9-21;/h3,6-7,11,13,16-17H,1-2,4-5,8-10,12,21H2,(H,22,24);1H. The number of carbonyl (C=O) groups excluding carboxylic acids is 2. The van der Waals surface area contributed by atoms with Gasteiger partial charge in [-0.05, 0) is 56.3 Å². The van der Waals surface area contributed by atoms with E-state index >= 15 is 0 Å². The van der Waals surface area contributed by atoms with Crippen molar-refractivity contribution in [2.75, 3.05) is 13.1 Å². The second-order valence-corrected chi connectivity index (χ2v) is 7.46. The lowest BCUT2D eigenvalue weighted by molar-refractivity contribution is -0.125. The Morgan fingerprint density at radius 2 is 2.04 bits per heavy atom. The van der Waals surface area contributed by atoms with E-state index < -0.39 is 6.04 Å². The Hall–Kier alpha value is -1.30. The van der Waals surface area contributed by atoms with Crippen LogP contribution in [0.3, 0.4) is 0 Å². The largest absolute Gasteiger partial charge is 0.354 e. The number of rotatable bonds is 5. The fourth-order valence-corrected chi connectivity index (χ4v) is 4.38. The zero-order chi connectivity index (χ0) is 17.8. The minimum Gasteiger partial charge on any atom is -0.354 e. The molecule has 2 aliphatic rings. The van der Waals surface area contributed by atoms with Gasteiger partial charge in [-0.1, -0.05) is 30.5 Å². The van der Waals surface area contributed by atoms with Crippen LogP contribution >= 0.6 is 24.0 Å². The molecule has 0 spiro atoms. The van der Waals surface area contributed by atoms with Gasteiger partial charge in [0.15, 0.2) is 0 Å². The highest BCUT2D eigenvalue weighted by Crippen LogP contribution is 2.40. The zero-order valence-electron chi connectivity index (χ0n) is 14.8. The number of benzene rings is 1. The van der Waals surface area contributed by atoms with Crippen LogP contribution < -0.4 is 11.1 Å². The molecular weight excluding hydrogens is 373 g/mol. The van der Waals surface area contributed by atoms with Gasteiger partial charge in [-0.2, -0.15) is 0 Å². The summed E-state index contributed by atoms with van der Waals surface area (Å²) in [6.07, 6.45) is 5.86. The van der Waals surface area contributed by atoms with E-state index in [0.717, 1.165) is 32.1 Å². The maximum Gasteiger partial charge on any atom is 0.254 e. The Morgan fingerprint density at radius 1 is 1.27 bits per heavy atom. The second kappa shape index (κ2) is 9.58. The molecule has 1 aromatic carbocycles. The number of halogens is 2. The first-order valence-corrected chi connectivity index (χ1v) is 9.55. The van der Waals surface area contributed by atoms with Crippen molar-refractivity contribution in [3.8, 4) is 0 Å². The third kappa shape index (κ3) is 4.51. The highest BCUT2D eigenvalue weighted by atomic mass is 35.5. The summed E-state index contributed by atoms with van der Waals surface area (Å²) in [5, 5.41) is 3.48. The molecule has 3 atom stereocenters. The lowest BCUT2D eigenvalue weighted by atomic mass is 9.84. The van der Waals surface area contributed by atoms with Crippen LogP contribution in [0.25, 0.3) is 0 Å². The second-order valence-electron chi connectivity index (χ2n) is 7.02. The monoisotopic (exact) mass is 399 g/mol. The van der Waals surface area contributed by atoms with Gasteiger partial charge in [0.2, 0.25) is 5.91 Å². The van der Waals surface area contributed by atoms with E-state index in [0.29, 0.717) is 29.6 Å². The van der Waals surface area contributed by atoms with Crippen LogP contribution in [0.2, 0.25) is 5.02 Å². The number of hydrogen-bond donors (Lipinski definition) is 2. The number of amides is 2. The van der Waals surface area contributed by atoms with Crippen molar-refractivity contribution < 1.29 is 9.59 Å². The predicted molar refractivity (Wildman–Crippen MR) is 106 cm³/mol. The quantitative estimate of drug-likeness (QED) is 0.747. The molecule has 3 N–H and O–H groups in total. The summed E-state index contributed by atoms with van der Waals surface area (Å²) < 4.78 is 0. The van der Waals surface area contributed by atoms with Gasteiger partial charge in [0.05, 0.1) is 0 Å². The number of hydrogen-bond acceptors (Lipinski definition) is 3. The molecule has 1 saturated heterocycles. The van der Waals surface area contributed by atoms with Crippen molar-refractivity contribution in [1.82, 2.24) is 10.2 Å². The summed E-state index contributed by atoms with van der Waals surface area (Å²) in [5.74, 6) is 0.274. The maximum atomic E-state index is 13.2. The highest BCUT2D eigenvalue weighted by Gasteiger charge is 2.47. The lowest BCUT2D eigenvalue weighted by Gasteiger charge is -2.33. The Morgan fingerprint density at radius 3 is 2.77 bits per heavy atom. The summed E-state index contributed by atoms with van der Waals surface area (Å²) in [6.45, 7) is 1.10. The molecule has 1 aliphatic carbocycles. The van der Waals surface area contributed by atoms with Crippen LogP contribution in [0.4, 0.5) is 0 Å². The van der Waals surface area contributed by atoms with Crippen molar-refractivity contribution in [1.29, 1.82) is 0 Å². The van der Waals surface area contributed by atoms with Gasteiger partial charge in [0, 0.05) is 23.2 Å². The smallest absolute Gasteiger partial charge is 0.254 e. The molecule has 2 amide bonds. The molecule has 1 heterocycles. The Balaban J connectivity index is 0.00000243. The van der Waals surface area contributed by atoms with Gasteiger partial charge in [0.25, 0.3) is 5.91 Å². The van der Waals surface area contributed by atoms with E-state index in [1.54, 1.807) is 24.3 Å². The number of fused-ring (bicyclic) bond motifs is 1. The molecular formula is C19H27Cl2N3O2. The number of nitrogens with one attached hydrogen (secondary N) is 1. The van der Waals surface area contributed by atoms with Gasteiger partial charge >= 0.3 is 0 Å². The van der Waals surface area contributed by atoms with E-state index in [-0.39, 0.29) is 30.3 Å². The first kappa shape index (κ1) is 21.0. The molecule has 3 unspecified atom stereocenters. The molecule has 5 nitrogen and oxygen atoms in total. The average Bonchev–Trinajstić information content (AvgIpc) is 3.01. The van der Waals surface area contributed by atoms with E-state index in [2.05, 4.69) is 5.32 Å². The summed E-state index contributed by atoms with van der Waals surface area (Å²) in [6, 6.07) is 6.75. The summed E-state index contributed by atoms with van der Waals surface area (Å²) in [5.41, 5.74) is 6.06. The van der Waals surface area contributed by atoms with Crippen LogP contribution in [-0.2, 0) is 4.79 Å². The van der Waals surface area contributed by atoms with Crippen LogP contribution in [0.15, 0.2) is 24.3 Å². The fourth-order valence-electron chi connectivity index (χ4n) is 4.19. The molecule has 1 saturated carbocycles. The average molecular weight is 400 g/mol. The van der Waals surface area contributed by atoms with Crippen LogP contribution in [-0.4, -0.2) is 41.9 Å². The first-order chi connectivity index (χ1) is 12.1. The van der Waals surface area contributed by atoms with Gasteiger partial charge in [-0.3, -0.25) is 9.59 Å². The Bertz CT molecular complexity index is 641. The van der Waals surface area contributed by atoms with E-state index in [1.165, 1.54) is 6.42 Å². The number of nitrogens with zero attached hydrogens (tertiary/aromatic N) is 1. The van der Waals surface area contributed by atoms with Crippen LogP contribution in [0, 0.1) is 5.92 Å². The molecule has 3 rings (SSSR count). The fraction of sp³-hybridized carbons (Fsp3) is 0.579. The molecule has 2 fully saturated rings. The Labute approximate surface area is 166 Å². The van der Waals surface area contributed by atoms with Gasteiger partial charge in [-0.25, -0.2) is 0 Å². The molecule has 144 valence electrons. The maximum absolute atomic E-state index is 13.2. The summed E-state index contributed by atoms with van der Waals surface area (Å²) in [7, 11) is 0. The first-order valence-electron chi connectivity index (χ1n) is 9.18. The molecule has 1 aromatic rings. The molecule has 0 bridgehead atoms. The molecule has 7 heteroatoms. The third-order valence-electron chi connectivity index (χ3n) is 5.38. The van der Waals surface area contributed by atoms with E-state index in [9.17, 15) is 9.59 Å². The third-order valence-corrected chi connectivity index (χ3v) is 5.61. The molecule has 0 radical (unpaired) electrons. The lowest BCUT2D eigenvalue weighted by Crippen LogP contribution is -2.49. The van der Waals surface area contributed by atoms with Crippen molar-refractivity contribution in [3.63, 3.8) is 0 Å². The van der Waals surface area contributed by atoms with Crippen molar-refractivity contribution in [3.05, 3.63) is 34.9 Å². The van der Waals surface area contributed by atoms with Gasteiger partial charge in [0.1, 0.15) is 6.04 Å². The van der Waals surface area contributed by atoms with E-state index in [4.69, 9.17) is 17.3 Å². The SMILES string of the molecule is Cl.NCCCNC(=O)C1CC2CCCCC2N1C(=O)c1cccc(Cl)c1. The molecule has 0 aromatic heterocycles. The zero-order valence-corrected chi connectivity index (χ0v) is 16.4. The van der Waals surface area contributed by atoms with Gasteiger partial charge < -0.3 is 16.0 Å². The topological polar surface area (TPSA) is 75.4 Å². The number of nitrogens with two attached hydrogens (primary N) is 1. The van der Waals surface area contributed by atoms with Crippen molar-refractivity contribution in [2.45, 2.75) is 50.6 Å². The van der Waals surface area contributed by atoms with E-state index in [1.807, 2.05) is 4.90 Å². The molecule has 1 aliphatic heterocycles. The van der Waals surface area contributed by atoms with Crippen LogP contribution in [0.1, 0.15) is 48.9 Å². The number of carbonyl (C=O) groups is 2. The van der Waals surface area contributed by atoms with Crippen molar-refractivity contribution >= 4 is 35.8 Å². The van der Waals surface area contributed by atoms with Crippen LogP contribution in [0.5, 0.6) is 0 Å².